The third-order valence-corrected chi connectivity index (χ3v) is 8.06. The van der Waals surface area contributed by atoms with E-state index in [0.29, 0.717) is 28.3 Å². The molecule has 4 nitrogen and oxygen atoms in total. The summed E-state index contributed by atoms with van der Waals surface area (Å²) in [6.07, 6.45) is 0.926. The van der Waals surface area contributed by atoms with E-state index in [-0.39, 0.29) is 0 Å². The van der Waals surface area contributed by atoms with E-state index >= 15 is 0 Å². The van der Waals surface area contributed by atoms with Gasteiger partial charge in [-0.1, -0.05) is 0 Å². The van der Waals surface area contributed by atoms with E-state index < -0.39 is 10.0 Å². The summed E-state index contributed by atoms with van der Waals surface area (Å²) in [5.74, 6) is 1.92. The average Bonchev–Trinajstić information content (AvgIpc) is 2.60. The topological polar surface area (TPSA) is 49.4 Å². The third-order valence-electron chi connectivity index (χ3n) is 2.86. The summed E-state index contributed by atoms with van der Waals surface area (Å²) in [7, 11) is -1.50. The van der Waals surface area contributed by atoms with Gasteiger partial charge in [-0.3, -0.25) is 0 Å². The second-order valence-electron chi connectivity index (χ2n) is 4.25. The number of rotatable bonds is 4. The van der Waals surface area contributed by atoms with Gasteiger partial charge in [0.1, 0.15) is 4.90 Å². The molecule has 0 bridgehead atoms. The zero-order valence-electron chi connectivity index (χ0n) is 10.7. The predicted molar refractivity (Wildman–Crippen MR) is 85.5 cm³/mol. The molecule has 0 radical (unpaired) electrons. The Labute approximate surface area is 131 Å². The second kappa shape index (κ2) is 6.91. The number of thioether (sulfide) groups is 1. The maximum absolute atomic E-state index is 12.7. The van der Waals surface area contributed by atoms with Crippen molar-refractivity contribution in [1.82, 2.24) is 9.62 Å². The van der Waals surface area contributed by atoms with E-state index in [1.165, 1.54) is 11.3 Å². The smallest absolute Gasteiger partial charge is 0.245 e. The first-order chi connectivity index (χ1) is 9.05. The maximum Gasteiger partial charge on any atom is 0.245 e. The van der Waals surface area contributed by atoms with Crippen molar-refractivity contribution in [2.75, 3.05) is 31.6 Å². The molecular weight excluding hydrogens is 368 g/mol. The Kier molecular flexibility index (Phi) is 5.74. The van der Waals surface area contributed by atoms with Gasteiger partial charge in [0.25, 0.3) is 0 Å². The highest BCUT2D eigenvalue weighted by Gasteiger charge is 2.28. The fourth-order valence-electron chi connectivity index (χ4n) is 1.94. The molecule has 0 unspecified atom stereocenters. The second-order valence-corrected chi connectivity index (χ2v) is 9.84. The molecular formula is C11H17BrN2O2S3. The van der Waals surface area contributed by atoms with Crippen LogP contribution in [0.15, 0.2) is 14.7 Å². The fourth-order valence-corrected chi connectivity index (χ4v) is 7.06. The van der Waals surface area contributed by atoms with Gasteiger partial charge in [-0.2, -0.15) is 16.1 Å². The van der Waals surface area contributed by atoms with Crippen LogP contribution in [0, 0.1) is 0 Å². The molecule has 1 fully saturated rings. The van der Waals surface area contributed by atoms with E-state index in [1.54, 1.807) is 10.4 Å². The molecule has 108 valence electrons. The highest BCUT2D eigenvalue weighted by atomic mass is 79.9. The van der Waals surface area contributed by atoms with Gasteiger partial charge in [-0.05, 0) is 41.2 Å². The van der Waals surface area contributed by atoms with Crippen molar-refractivity contribution in [3.8, 4) is 0 Å². The van der Waals surface area contributed by atoms with Gasteiger partial charge < -0.3 is 5.32 Å². The molecule has 1 aliphatic rings. The lowest BCUT2D eigenvalue weighted by Gasteiger charge is -2.19. The van der Waals surface area contributed by atoms with Crippen molar-refractivity contribution < 1.29 is 8.42 Å². The van der Waals surface area contributed by atoms with Gasteiger partial charge in [-0.25, -0.2) is 8.42 Å². The van der Waals surface area contributed by atoms with E-state index in [2.05, 4.69) is 21.2 Å². The molecule has 1 saturated heterocycles. The number of nitrogens with zero attached hydrogens (tertiary/aromatic N) is 1. The number of hydrogen-bond acceptors (Lipinski definition) is 5. The van der Waals surface area contributed by atoms with Crippen molar-refractivity contribution in [2.45, 2.75) is 17.9 Å². The van der Waals surface area contributed by atoms with Gasteiger partial charge in [0.05, 0.1) is 3.79 Å². The summed E-state index contributed by atoms with van der Waals surface area (Å²) in [5.41, 5.74) is 0. The maximum atomic E-state index is 12.7. The van der Waals surface area contributed by atoms with E-state index in [9.17, 15) is 8.42 Å². The van der Waals surface area contributed by atoms with E-state index in [1.807, 2.05) is 18.8 Å². The zero-order valence-corrected chi connectivity index (χ0v) is 14.7. The van der Waals surface area contributed by atoms with Gasteiger partial charge in [0.2, 0.25) is 10.0 Å². The first-order valence-electron chi connectivity index (χ1n) is 6.06. The van der Waals surface area contributed by atoms with Gasteiger partial charge in [0, 0.05) is 30.3 Å². The number of thiophene rings is 1. The molecule has 1 N–H and O–H groups in total. The van der Waals surface area contributed by atoms with E-state index in [4.69, 9.17) is 0 Å². The molecule has 1 aromatic heterocycles. The summed E-state index contributed by atoms with van der Waals surface area (Å²) >= 11 is 6.69. The summed E-state index contributed by atoms with van der Waals surface area (Å²) in [6.45, 7) is 1.92. The lowest BCUT2D eigenvalue weighted by atomic mass is 10.5. The molecule has 19 heavy (non-hydrogen) atoms. The van der Waals surface area contributed by atoms with Gasteiger partial charge in [0.15, 0.2) is 0 Å². The van der Waals surface area contributed by atoms with Crippen LogP contribution < -0.4 is 5.32 Å². The molecule has 1 aromatic rings. The molecule has 8 heteroatoms. The molecule has 2 heterocycles. The molecule has 0 atom stereocenters. The summed E-state index contributed by atoms with van der Waals surface area (Å²) in [4.78, 5) is 1.44. The predicted octanol–water partition coefficient (Wildman–Crippen LogP) is 2.36. The van der Waals surface area contributed by atoms with Crippen molar-refractivity contribution >= 4 is 49.1 Å². The van der Waals surface area contributed by atoms with Gasteiger partial charge >= 0.3 is 0 Å². The number of nitrogens with one attached hydrogen (secondary N) is 1. The van der Waals surface area contributed by atoms with Crippen LogP contribution in [0.4, 0.5) is 0 Å². The number of sulfonamides is 1. The average molecular weight is 385 g/mol. The van der Waals surface area contributed by atoms with Crippen LogP contribution in [-0.2, 0) is 16.6 Å². The van der Waals surface area contributed by atoms with Crippen molar-refractivity contribution in [2.24, 2.45) is 0 Å². The minimum atomic E-state index is -3.36. The highest BCUT2D eigenvalue weighted by molar-refractivity contribution is 9.11. The summed E-state index contributed by atoms with van der Waals surface area (Å²) < 4.78 is 27.6. The first kappa shape index (κ1) is 15.8. The Hall–Kier alpha value is 0.400. The standard InChI is InChI=1S/C11H17BrN2O2S3/c1-13-8-9-7-10(11(12)18-9)19(15,16)14-3-2-5-17-6-4-14/h7,13H,2-6,8H2,1H3. The Morgan fingerprint density at radius 2 is 2.21 bits per heavy atom. The molecule has 1 aliphatic heterocycles. The van der Waals surface area contributed by atoms with Crippen LogP contribution in [0.1, 0.15) is 11.3 Å². The molecule has 0 saturated carbocycles. The minimum absolute atomic E-state index is 0.412. The summed E-state index contributed by atoms with van der Waals surface area (Å²) in [6, 6.07) is 1.78. The Morgan fingerprint density at radius 1 is 1.42 bits per heavy atom. The van der Waals surface area contributed by atoms with Crippen molar-refractivity contribution in [3.63, 3.8) is 0 Å². The molecule has 0 spiro atoms. The number of halogens is 1. The van der Waals surface area contributed by atoms with Crippen LogP contribution in [-0.4, -0.2) is 44.4 Å². The quantitative estimate of drug-likeness (QED) is 0.865. The lowest BCUT2D eigenvalue weighted by Crippen LogP contribution is -2.32. The third kappa shape index (κ3) is 3.74. The molecule has 0 aliphatic carbocycles. The van der Waals surface area contributed by atoms with Crippen LogP contribution in [0.2, 0.25) is 0 Å². The zero-order chi connectivity index (χ0) is 13.9. The lowest BCUT2D eigenvalue weighted by molar-refractivity contribution is 0.435. The van der Waals surface area contributed by atoms with Crippen LogP contribution in [0.5, 0.6) is 0 Å². The minimum Gasteiger partial charge on any atom is -0.315 e. The largest absolute Gasteiger partial charge is 0.315 e. The highest BCUT2D eigenvalue weighted by Crippen LogP contribution is 2.34. The Balaban J connectivity index is 2.27. The van der Waals surface area contributed by atoms with Crippen molar-refractivity contribution in [3.05, 3.63) is 14.7 Å². The Morgan fingerprint density at radius 3 is 2.95 bits per heavy atom. The normalized spacial score (nSPS) is 18.4. The van der Waals surface area contributed by atoms with Crippen LogP contribution >= 0.6 is 39.0 Å². The molecule has 0 aromatic carbocycles. The van der Waals surface area contributed by atoms with Crippen LogP contribution in [0.3, 0.4) is 0 Å². The molecule has 0 amide bonds. The Bertz CT molecular complexity index is 522. The SMILES string of the molecule is CNCc1cc(S(=O)(=O)N2CCCSCC2)c(Br)s1. The fraction of sp³-hybridized carbons (Fsp3) is 0.636. The van der Waals surface area contributed by atoms with Gasteiger partial charge in [-0.15, -0.1) is 11.3 Å². The first-order valence-corrected chi connectivity index (χ1v) is 10.3. The number of hydrogen-bond donors (Lipinski definition) is 1. The van der Waals surface area contributed by atoms with Crippen LogP contribution in [0.25, 0.3) is 0 Å². The summed E-state index contributed by atoms with van der Waals surface area (Å²) in [5, 5.41) is 3.04. The van der Waals surface area contributed by atoms with Crippen molar-refractivity contribution in [1.29, 1.82) is 0 Å². The molecule has 2 rings (SSSR count). The monoisotopic (exact) mass is 384 g/mol. The van der Waals surface area contributed by atoms with E-state index in [0.717, 1.165) is 22.8 Å².